The van der Waals surface area contributed by atoms with Crippen LogP contribution in [0.4, 0.5) is 0 Å². The Morgan fingerprint density at radius 2 is 1.08 bits per heavy atom. The summed E-state index contributed by atoms with van der Waals surface area (Å²) >= 11 is 0. The molecule has 280 valence electrons. The van der Waals surface area contributed by atoms with Crippen LogP contribution in [0.3, 0.4) is 0 Å². The Balaban J connectivity index is 0.919. The number of furan rings is 1. The van der Waals surface area contributed by atoms with Crippen molar-refractivity contribution in [2.45, 2.75) is 18.9 Å². The third-order valence-corrected chi connectivity index (χ3v) is 11.8. The molecule has 1 aliphatic heterocycles. The third-order valence-electron chi connectivity index (χ3n) is 11.8. The van der Waals surface area contributed by atoms with Crippen LogP contribution in [-0.2, 0) is 0 Å². The van der Waals surface area contributed by atoms with Gasteiger partial charge in [0.2, 0.25) is 0 Å². The van der Waals surface area contributed by atoms with Crippen LogP contribution < -0.4 is 5.32 Å². The van der Waals surface area contributed by atoms with Gasteiger partial charge < -0.3 is 9.73 Å². The number of aliphatic imine (C=N–C) groups is 1. The quantitative estimate of drug-likeness (QED) is 0.183. The number of hydrogen-bond donors (Lipinski definition) is 1. The molecule has 0 aliphatic carbocycles. The van der Waals surface area contributed by atoms with Gasteiger partial charge in [-0.25, -0.2) is 4.99 Å². The summed E-state index contributed by atoms with van der Waals surface area (Å²) in [5.74, 6) is 0.891. The number of hydrogen-bond acceptors (Lipinski definition) is 3. The molecule has 0 bridgehead atoms. The first kappa shape index (κ1) is 34.7. The van der Waals surface area contributed by atoms with Crippen molar-refractivity contribution in [1.29, 1.82) is 0 Å². The Bertz CT molecular complexity index is 3230. The minimum absolute atomic E-state index is 0.120. The molecule has 3 nitrogen and oxygen atoms in total. The number of rotatable bonds is 6. The fraction of sp³-hybridized carbons (Fsp3) is 0.0536. The van der Waals surface area contributed by atoms with E-state index in [4.69, 9.17) is 9.41 Å². The van der Waals surface area contributed by atoms with E-state index in [0.29, 0.717) is 0 Å². The lowest BCUT2D eigenvalue weighted by Crippen LogP contribution is -2.30. The van der Waals surface area contributed by atoms with Gasteiger partial charge in [0.25, 0.3) is 0 Å². The van der Waals surface area contributed by atoms with E-state index in [1.807, 2.05) is 0 Å². The van der Waals surface area contributed by atoms with Gasteiger partial charge in [-0.1, -0.05) is 176 Å². The van der Waals surface area contributed by atoms with Gasteiger partial charge in [-0.05, 0) is 104 Å². The fourth-order valence-corrected chi connectivity index (χ4v) is 8.77. The van der Waals surface area contributed by atoms with Crippen LogP contribution in [0.25, 0.3) is 82.6 Å². The molecule has 0 amide bonds. The van der Waals surface area contributed by atoms with Gasteiger partial charge in [0, 0.05) is 21.7 Å². The van der Waals surface area contributed by atoms with Gasteiger partial charge in [-0.3, -0.25) is 0 Å². The van der Waals surface area contributed by atoms with Crippen molar-refractivity contribution in [1.82, 2.24) is 5.32 Å². The Morgan fingerprint density at radius 3 is 1.92 bits per heavy atom. The van der Waals surface area contributed by atoms with E-state index >= 15 is 0 Å². The van der Waals surface area contributed by atoms with E-state index in [2.05, 4.69) is 212 Å². The number of nitrogens with one attached hydrogen (secondary N) is 1. The summed E-state index contributed by atoms with van der Waals surface area (Å²) in [4.78, 5) is 5.20. The van der Waals surface area contributed by atoms with Crippen molar-refractivity contribution in [3.05, 3.63) is 223 Å². The van der Waals surface area contributed by atoms with Crippen LogP contribution in [0.15, 0.2) is 216 Å². The van der Waals surface area contributed by atoms with Gasteiger partial charge in [0.15, 0.2) is 0 Å². The lowest BCUT2D eigenvalue weighted by molar-refractivity contribution is 0.595. The summed E-state index contributed by atoms with van der Waals surface area (Å²) in [6, 6.07) is 71.8. The monoisotopic (exact) mass is 756 g/mol. The second-order valence-electron chi connectivity index (χ2n) is 15.5. The molecule has 10 aromatic rings. The molecule has 9 aromatic carbocycles. The molecule has 1 atom stereocenters. The third kappa shape index (κ3) is 6.57. The second kappa shape index (κ2) is 14.8. The highest BCUT2D eigenvalue weighted by atomic mass is 16.3. The maximum absolute atomic E-state index is 6.72. The molecular weight excluding hydrogens is 717 g/mol. The molecule has 0 spiro atoms. The van der Waals surface area contributed by atoms with Gasteiger partial charge in [-0.2, -0.15) is 0 Å². The highest BCUT2D eigenvalue weighted by Crippen LogP contribution is 2.42. The summed E-state index contributed by atoms with van der Waals surface area (Å²) in [5, 5.41) is 10.9. The molecule has 1 N–H and O–H groups in total. The molecule has 0 saturated heterocycles. The van der Waals surface area contributed by atoms with Crippen LogP contribution in [0.5, 0.6) is 0 Å². The van der Waals surface area contributed by atoms with Crippen molar-refractivity contribution in [3.63, 3.8) is 0 Å². The van der Waals surface area contributed by atoms with Crippen molar-refractivity contribution in [2.75, 3.05) is 0 Å². The molecule has 2 heterocycles. The van der Waals surface area contributed by atoms with Crippen molar-refractivity contribution in [3.8, 4) is 33.4 Å². The summed E-state index contributed by atoms with van der Waals surface area (Å²) in [6.07, 6.45) is 4.16. The molecule has 0 saturated carbocycles. The van der Waals surface area contributed by atoms with E-state index in [0.717, 1.165) is 68.4 Å². The maximum Gasteiger partial charge on any atom is 0.143 e. The predicted molar refractivity (Wildman–Crippen MR) is 248 cm³/mol. The average Bonchev–Trinajstić information content (AvgIpc) is 3.67. The minimum Gasteiger partial charge on any atom is -0.455 e. The summed E-state index contributed by atoms with van der Waals surface area (Å²) in [5.41, 5.74) is 13.4. The Hall–Kier alpha value is -7.49. The number of nitrogens with zero attached hydrogens (tertiary/aromatic N) is 1. The normalized spacial score (nSPS) is 16.2. The SMILES string of the molecule is C1=C(c2ccccc2)/N=C(/c2ccccc2)NC(c2ccc(-c3cccc(-c4cc5c6ccc(-c7ccc8ccccc8c7)cc6oc5c5ccccc45)c3)cc2)CC/1. The van der Waals surface area contributed by atoms with Crippen LogP contribution in [-0.4, -0.2) is 5.84 Å². The Labute approximate surface area is 343 Å². The Morgan fingerprint density at radius 1 is 0.441 bits per heavy atom. The topological polar surface area (TPSA) is 37.5 Å². The summed E-state index contributed by atoms with van der Waals surface area (Å²) < 4.78 is 6.72. The zero-order chi connectivity index (χ0) is 39.1. The smallest absolute Gasteiger partial charge is 0.143 e. The number of allylic oxidation sites excluding steroid dienone is 1. The first-order chi connectivity index (χ1) is 29.2. The molecule has 11 rings (SSSR count). The van der Waals surface area contributed by atoms with Gasteiger partial charge in [-0.15, -0.1) is 0 Å². The lowest BCUT2D eigenvalue weighted by atomic mass is 9.92. The highest BCUT2D eigenvalue weighted by molar-refractivity contribution is 6.19. The Kier molecular flexibility index (Phi) is 8.70. The van der Waals surface area contributed by atoms with E-state index in [-0.39, 0.29) is 6.04 Å². The second-order valence-corrected chi connectivity index (χ2v) is 15.5. The predicted octanol–water partition coefficient (Wildman–Crippen LogP) is 14.8. The molecule has 1 unspecified atom stereocenters. The molecule has 59 heavy (non-hydrogen) atoms. The first-order valence-corrected chi connectivity index (χ1v) is 20.5. The van der Waals surface area contributed by atoms with Gasteiger partial charge >= 0.3 is 0 Å². The van der Waals surface area contributed by atoms with Crippen LogP contribution >= 0.6 is 0 Å². The zero-order valence-corrected chi connectivity index (χ0v) is 32.5. The number of amidine groups is 1. The summed E-state index contributed by atoms with van der Waals surface area (Å²) in [7, 11) is 0. The van der Waals surface area contributed by atoms with E-state index in [1.165, 1.54) is 49.5 Å². The molecular formula is C56H40N2O. The lowest BCUT2D eigenvalue weighted by Gasteiger charge is -2.24. The number of benzene rings is 9. The number of fused-ring (bicyclic) bond motifs is 6. The molecule has 0 radical (unpaired) electrons. The van der Waals surface area contributed by atoms with Crippen molar-refractivity contribution < 1.29 is 4.42 Å². The largest absolute Gasteiger partial charge is 0.455 e. The first-order valence-electron chi connectivity index (χ1n) is 20.5. The van der Waals surface area contributed by atoms with E-state index in [9.17, 15) is 0 Å². The molecule has 1 aromatic heterocycles. The van der Waals surface area contributed by atoms with E-state index in [1.54, 1.807) is 0 Å². The van der Waals surface area contributed by atoms with Crippen molar-refractivity contribution in [2.24, 2.45) is 4.99 Å². The van der Waals surface area contributed by atoms with E-state index < -0.39 is 0 Å². The highest BCUT2D eigenvalue weighted by Gasteiger charge is 2.19. The maximum atomic E-state index is 6.72. The molecule has 3 heteroatoms. The van der Waals surface area contributed by atoms with Gasteiger partial charge in [0.1, 0.15) is 17.0 Å². The standard InChI is InChI=1S/C56H40N2O/c1-3-14-39(15-4-1)52-23-12-24-53(58-56(57-52)41-16-5-2-6-17-41)40-28-25-38(26-29-40)43-19-11-20-46(34-43)50-36-51-48-32-31-45(44-30-27-37-13-7-8-18-42(37)33-44)35-54(48)59-55(51)49-22-10-9-21-47(49)50/h1-11,13-23,25-36,53H,12,24H2,(H,57,58)/b52-23+. The fourth-order valence-electron chi connectivity index (χ4n) is 8.77. The minimum atomic E-state index is 0.120. The van der Waals surface area contributed by atoms with Crippen molar-refractivity contribution >= 4 is 55.0 Å². The summed E-state index contributed by atoms with van der Waals surface area (Å²) in [6.45, 7) is 0. The van der Waals surface area contributed by atoms with Crippen LogP contribution in [0.2, 0.25) is 0 Å². The van der Waals surface area contributed by atoms with Crippen LogP contribution in [0, 0.1) is 0 Å². The average molecular weight is 757 g/mol. The van der Waals surface area contributed by atoms with Gasteiger partial charge in [0.05, 0.1) is 11.7 Å². The zero-order valence-electron chi connectivity index (χ0n) is 32.5. The van der Waals surface area contributed by atoms with Crippen LogP contribution in [0.1, 0.15) is 35.6 Å². The molecule has 0 fully saturated rings. The molecule has 1 aliphatic rings.